The summed E-state index contributed by atoms with van der Waals surface area (Å²) in [5, 5.41) is 14.7. The Kier molecular flexibility index (Phi) is 2.57. The average Bonchev–Trinajstić information content (AvgIpc) is 2.87. The zero-order valence-electron chi connectivity index (χ0n) is 10.3. The van der Waals surface area contributed by atoms with Crippen molar-refractivity contribution in [1.82, 2.24) is 15.2 Å². The van der Waals surface area contributed by atoms with E-state index in [-0.39, 0.29) is 12.0 Å². The third-order valence-corrected chi connectivity index (χ3v) is 3.35. The lowest BCUT2D eigenvalue weighted by Crippen LogP contribution is -2.47. The van der Waals surface area contributed by atoms with Gasteiger partial charge < -0.3 is 14.6 Å². The minimum Gasteiger partial charge on any atom is -0.767 e. The quantitative estimate of drug-likeness (QED) is 0.757. The predicted octanol–water partition coefficient (Wildman–Crippen LogP) is 2.18. The van der Waals surface area contributed by atoms with E-state index >= 15 is 0 Å². The Hall–Kier alpha value is -1.85. The first kappa shape index (κ1) is 11.3. The first-order chi connectivity index (χ1) is 8.68. The molecule has 0 saturated heterocycles. The van der Waals surface area contributed by atoms with Crippen molar-refractivity contribution >= 4 is 5.57 Å². The van der Waals surface area contributed by atoms with Gasteiger partial charge in [0.25, 0.3) is 0 Å². The fourth-order valence-corrected chi connectivity index (χ4v) is 2.44. The number of hydrazine groups is 1. The minimum absolute atomic E-state index is 0.156. The van der Waals surface area contributed by atoms with Gasteiger partial charge in [0.15, 0.2) is 0 Å². The Morgan fingerprint density at radius 3 is 3.00 bits per heavy atom. The normalized spacial score (nSPS) is 27.8. The van der Waals surface area contributed by atoms with Gasteiger partial charge in [0.05, 0.1) is 11.8 Å². The lowest BCUT2D eigenvalue weighted by Gasteiger charge is -2.50. The van der Waals surface area contributed by atoms with Crippen LogP contribution in [0.5, 0.6) is 0 Å². The topological polar surface area (TPSA) is 55.6 Å². The summed E-state index contributed by atoms with van der Waals surface area (Å²) in [7, 11) is 1.73. The van der Waals surface area contributed by atoms with E-state index in [4.69, 9.17) is 4.42 Å². The fourth-order valence-electron chi connectivity index (χ4n) is 2.44. The van der Waals surface area contributed by atoms with E-state index in [0.29, 0.717) is 5.89 Å². The molecule has 0 aromatic carbocycles. The molecule has 0 saturated carbocycles. The molecule has 0 amide bonds. The van der Waals surface area contributed by atoms with Gasteiger partial charge in [-0.15, -0.1) is 0 Å². The van der Waals surface area contributed by atoms with Crippen LogP contribution >= 0.6 is 0 Å². The van der Waals surface area contributed by atoms with E-state index in [0.717, 1.165) is 16.3 Å². The Bertz CT molecular complexity index is 530. The molecular weight excluding hydrogens is 230 g/mol. The molecule has 1 aliphatic carbocycles. The predicted molar refractivity (Wildman–Crippen MR) is 67.6 cm³/mol. The highest BCUT2D eigenvalue weighted by molar-refractivity contribution is 5.77. The van der Waals surface area contributed by atoms with Crippen LogP contribution in [0.15, 0.2) is 46.9 Å². The van der Waals surface area contributed by atoms with Crippen molar-refractivity contribution in [2.45, 2.75) is 13.0 Å². The Labute approximate surface area is 105 Å². The Morgan fingerprint density at radius 1 is 1.44 bits per heavy atom. The molecule has 5 heteroatoms. The Morgan fingerprint density at radius 2 is 2.28 bits per heavy atom. The summed E-state index contributed by atoms with van der Waals surface area (Å²) in [6.45, 7) is 2.03. The minimum atomic E-state index is -0.216. The maximum atomic E-state index is 12.2. The second-order valence-electron chi connectivity index (χ2n) is 4.57. The number of rotatable bonds is 1. The SMILES string of the molecule is CC1C=CC=C2C(c3ncco3)=CN(C)N([O-])C21. The largest absolute Gasteiger partial charge is 0.767 e. The van der Waals surface area contributed by atoms with Gasteiger partial charge in [-0.3, -0.25) is 5.17 Å². The van der Waals surface area contributed by atoms with Crippen LogP contribution in [0.4, 0.5) is 0 Å². The van der Waals surface area contributed by atoms with E-state index in [1.165, 1.54) is 11.3 Å². The lowest BCUT2D eigenvalue weighted by atomic mass is 9.85. The second kappa shape index (κ2) is 4.12. The van der Waals surface area contributed by atoms with E-state index in [9.17, 15) is 5.21 Å². The number of hydrogen-bond acceptors (Lipinski definition) is 5. The molecule has 2 aliphatic rings. The van der Waals surface area contributed by atoms with Crippen molar-refractivity contribution in [3.8, 4) is 0 Å². The standard InChI is InChI=1S/C13H14N3O2/c1-9-4-3-5-10-11(13-14-6-7-18-13)8-15(2)16(17)12(9)10/h3-9,12H,1-2H3/q-1. The van der Waals surface area contributed by atoms with Crippen molar-refractivity contribution in [3.63, 3.8) is 0 Å². The number of hydrogen-bond donors (Lipinski definition) is 0. The highest BCUT2D eigenvalue weighted by atomic mass is 16.6. The van der Waals surface area contributed by atoms with Gasteiger partial charge in [-0.1, -0.05) is 25.2 Å². The average molecular weight is 244 g/mol. The molecule has 1 aromatic rings. The summed E-state index contributed by atoms with van der Waals surface area (Å²) >= 11 is 0. The van der Waals surface area contributed by atoms with E-state index in [1.54, 1.807) is 19.4 Å². The van der Waals surface area contributed by atoms with Crippen molar-refractivity contribution in [1.29, 1.82) is 0 Å². The van der Waals surface area contributed by atoms with Gasteiger partial charge in [-0.2, -0.15) is 0 Å². The van der Waals surface area contributed by atoms with Gasteiger partial charge in [0.1, 0.15) is 6.26 Å². The van der Waals surface area contributed by atoms with Crippen LogP contribution in [0.25, 0.3) is 5.57 Å². The van der Waals surface area contributed by atoms with Gasteiger partial charge in [-0.25, -0.2) is 4.98 Å². The molecule has 2 atom stereocenters. The molecular formula is C13H14N3O2-. The maximum Gasteiger partial charge on any atom is 0.227 e. The molecule has 0 radical (unpaired) electrons. The summed E-state index contributed by atoms with van der Waals surface area (Å²) in [6, 6.07) is -0.216. The smallest absolute Gasteiger partial charge is 0.227 e. The van der Waals surface area contributed by atoms with Crippen molar-refractivity contribution < 1.29 is 4.42 Å². The van der Waals surface area contributed by atoms with Crippen LogP contribution in [0.1, 0.15) is 12.8 Å². The third-order valence-electron chi connectivity index (χ3n) is 3.35. The van der Waals surface area contributed by atoms with Crippen LogP contribution in [-0.4, -0.2) is 28.3 Å². The number of hydroxylamine groups is 1. The molecule has 0 bridgehead atoms. The summed E-state index contributed by atoms with van der Waals surface area (Å²) < 4.78 is 5.35. The van der Waals surface area contributed by atoms with Gasteiger partial charge in [0.2, 0.25) is 5.89 Å². The molecule has 18 heavy (non-hydrogen) atoms. The molecule has 3 rings (SSSR count). The molecule has 1 aromatic heterocycles. The number of allylic oxidation sites excluding steroid dienone is 2. The first-order valence-corrected chi connectivity index (χ1v) is 5.88. The Balaban J connectivity index is 2.11. The van der Waals surface area contributed by atoms with Crippen LogP contribution < -0.4 is 0 Å². The van der Waals surface area contributed by atoms with E-state index in [2.05, 4.69) is 4.98 Å². The first-order valence-electron chi connectivity index (χ1n) is 5.88. The molecule has 94 valence electrons. The summed E-state index contributed by atoms with van der Waals surface area (Å²) in [5.41, 5.74) is 1.83. The summed E-state index contributed by atoms with van der Waals surface area (Å²) in [5.74, 6) is 0.706. The van der Waals surface area contributed by atoms with Gasteiger partial charge >= 0.3 is 0 Å². The van der Waals surface area contributed by atoms with Crippen LogP contribution in [0.3, 0.4) is 0 Å². The van der Waals surface area contributed by atoms with Crippen LogP contribution in [0, 0.1) is 11.1 Å². The lowest BCUT2D eigenvalue weighted by molar-refractivity contribution is 0.0518. The van der Waals surface area contributed by atoms with E-state index in [1.807, 2.05) is 25.2 Å². The highest BCUT2D eigenvalue weighted by Gasteiger charge is 2.32. The number of oxazole rings is 1. The molecule has 0 fully saturated rings. The molecule has 0 spiro atoms. The molecule has 2 heterocycles. The molecule has 2 unspecified atom stereocenters. The highest BCUT2D eigenvalue weighted by Crippen LogP contribution is 2.37. The number of fused-ring (bicyclic) bond motifs is 1. The second-order valence-corrected chi connectivity index (χ2v) is 4.57. The summed E-state index contributed by atoms with van der Waals surface area (Å²) in [6.07, 6.45) is 10.9. The number of aromatic nitrogens is 1. The number of nitrogens with zero attached hydrogens (tertiary/aromatic N) is 3. The van der Waals surface area contributed by atoms with Crippen LogP contribution in [0.2, 0.25) is 0 Å². The van der Waals surface area contributed by atoms with Crippen molar-refractivity contribution in [3.05, 3.63) is 53.6 Å². The van der Waals surface area contributed by atoms with Gasteiger partial charge in [-0.05, 0) is 11.5 Å². The van der Waals surface area contributed by atoms with Gasteiger partial charge in [0, 0.05) is 19.3 Å². The molecule has 1 aliphatic heterocycles. The zero-order valence-corrected chi connectivity index (χ0v) is 10.3. The molecule has 5 nitrogen and oxygen atoms in total. The third kappa shape index (κ3) is 1.60. The van der Waals surface area contributed by atoms with Crippen molar-refractivity contribution in [2.75, 3.05) is 7.05 Å². The zero-order chi connectivity index (χ0) is 12.7. The van der Waals surface area contributed by atoms with E-state index < -0.39 is 0 Å². The van der Waals surface area contributed by atoms with Crippen molar-refractivity contribution in [2.24, 2.45) is 5.92 Å². The molecule has 0 N–H and O–H groups in total. The van der Waals surface area contributed by atoms with Crippen LogP contribution in [-0.2, 0) is 0 Å². The monoisotopic (exact) mass is 244 g/mol. The summed E-state index contributed by atoms with van der Waals surface area (Å²) in [4.78, 5) is 4.17. The fraction of sp³-hybridized carbons (Fsp3) is 0.308. The maximum absolute atomic E-state index is 12.2.